The summed E-state index contributed by atoms with van der Waals surface area (Å²) in [5.41, 5.74) is 0.148. The van der Waals surface area contributed by atoms with Gasteiger partial charge in [-0.15, -0.1) is 0 Å². The lowest BCUT2D eigenvalue weighted by Gasteiger charge is -2.17. The number of phenolic OH excluding ortho intramolecular Hbond substituents is 1. The van der Waals surface area contributed by atoms with Crippen molar-refractivity contribution in [1.82, 2.24) is 0 Å². The highest BCUT2D eigenvalue weighted by atomic mass is 16.7. The molecule has 144 valence electrons. The minimum absolute atomic E-state index is 0.0586. The molecule has 0 spiro atoms. The number of phenols is 1. The van der Waals surface area contributed by atoms with E-state index in [-0.39, 0.29) is 48.0 Å². The number of rotatable bonds is 0. The molecule has 0 saturated heterocycles. The van der Waals surface area contributed by atoms with E-state index in [0.29, 0.717) is 0 Å². The Morgan fingerprint density at radius 1 is 1.07 bits per heavy atom. The van der Waals surface area contributed by atoms with Gasteiger partial charge in [-0.3, -0.25) is 4.79 Å². The topological polar surface area (TPSA) is 123 Å². The largest absolute Gasteiger partial charge is 0.507 e. The van der Waals surface area contributed by atoms with Crippen LogP contribution in [0.2, 0.25) is 0 Å². The quantitative estimate of drug-likeness (QED) is 0.580. The van der Waals surface area contributed by atoms with Crippen LogP contribution >= 0.6 is 0 Å². The Morgan fingerprint density at radius 2 is 1.81 bits per heavy atom. The molecule has 0 aromatic heterocycles. The van der Waals surface area contributed by atoms with Crippen LogP contribution in [0.1, 0.15) is 35.7 Å². The number of benzene rings is 1. The molecular formula is C19H20O8. The van der Waals surface area contributed by atoms with E-state index in [9.17, 15) is 24.9 Å². The molecule has 2 aliphatic rings. The summed E-state index contributed by atoms with van der Waals surface area (Å²) >= 11 is 0. The fraction of sp³-hybridized carbons (Fsp3) is 0.368. The molecule has 0 amide bonds. The second kappa shape index (κ2) is 7.81. The van der Waals surface area contributed by atoms with Gasteiger partial charge < -0.3 is 29.5 Å². The number of cyclic esters (lactones) is 1. The fourth-order valence-electron chi connectivity index (χ4n) is 2.84. The predicted molar refractivity (Wildman–Crippen MR) is 93.5 cm³/mol. The van der Waals surface area contributed by atoms with Crippen molar-refractivity contribution in [3.8, 4) is 17.2 Å². The molecule has 3 atom stereocenters. The first kappa shape index (κ1) is 18.9. The molecule has 0 saturated carbocycles. The molecule has 8 heteroatoms. The molecule has 3 N–H and O–H groups in total. The van der Waals surface area contributed by atoms with Crippen molar-refractivity contribution in [1.29, 1.82) is 0 Å². The molecule has 3 rings (SSSR count). The standard InChI is InChI=1S/C19H20O8/c1-10-4-2-6-12(20)17(23)13(21)7-3-5-11-16(19(24)27-10)14(22)8-15-18(11)26-9-25-15/h2-3,5-6,8,10,13,17,21-23H,4,7,9H2,1H3/b5-3+,6-2-/t10-,13-,17+/m0/s1. The van der Waals surface area contributed by atoms with E-state index in [1.54, 1.807) is 6.92 Å². The number of carbonyl (C=O) groups is 2. The third kappa shape index (κ3) is 3.96. The summed E-state index contributed by atoms with van der Waals surface area (Å²) in [6.45, 7) is 1.56. The average molecular weight is 376 g/mol. The molecule has 0 bridgehead atoms. The van der Waals surface area contributed by atoms with Gasteiger partial charge in [0.1, 0.15) is 23.5 Å². The molecule has 0 radical (unpaired) electrons. The van der Waals surface area contributed by atoms with Gasteiger partial charge in [0.25, 0.3) is 0 Å². The zero-order chi connectivity index (χ0) is 19.6. The first-order chi connectivity index (χ1) is 12.9. The average Bonchev–Trinajstić information content (AvgIpc) is 3.07. The van der Waals surface area contributed by atoms with Gasteiger partial charge in [-0.25, -0.2) is 4.79 Å². The normalized spacial score (nSPS) is 28.0. The third-order valence-corrected chi connectivity index (χ3v) is 4.26. The van der Waals surface area contributed by atoms with Crippen molar-refractivity contribution < 1.29 is 39.1 Å². The molecular weight excluding hydrogens is 356 g/mol. The van der Waals surface area contributed by atoms with Crippen molar-refractivity contribution in [3.63, 3.8) is 0 Å². The number of aromatic hydroxyl groups is 1. The lowest BCUT2D eigenvalue weighted by Crippen LogP contribution is -2.32. The monoisotopic (exact) mass is 376 g/mol. The minimum Gasteiger partial charge on any atom is -0.507 e. The van der Waals surface area contributed by atoms with Crippen LogP contribution in [0.25, 0.3) is 6.08 Å². The van der Waals surface area contributed by atoms with Crippen molar-refractivity contribution in [2.75, 3.05) is 6.79 Å². The number of ketones is 1. The van der Waals surface area contributed by atoms with Crippen LogP contribution in [0.4, 0.5) is 0 Å². The molecule has 0 fully saturated rings. The summed E-state index contributed by atoms with van der Waals surface area (Å²) in [6.07, 6.45) is 2.21. The van der Waals surface area contributed by atoms with Crippen LogP contribution < -0.4 is 9.47 Å². The zero-order valence-electron chi connectivity index (χ0n) is 14.6. The molecule has 2 heterocycles. The second-order valence-electron chi connectivity index (χ2n) is 6.32. The van der Waals surface area contributed by atoms with Crippen LogP contribution in [0.3, 0.4) is 0 Å². The van der Waals surface area contributed by atoms with E-state index in [4.69, 9.17) is 14.2 Å². The molecule has 8 nitrogen and oxygen atoms in total. The number of aliphatic hydroxyl groups excluding tert-OH is 2. The summed E-state index contributed by atoms with van der Waals surface area (Å²) < 4.78 is 16.0. The fourth-order valence-corrected chi connectivity index (χ4v) is 2.84. The number of ether oxygens (including phenoxy) is 3. The SMILES string of the molecule is C[C@H]1C/C=C\C(=O)[C@@H](O)[C@@H](O)C/C=C/c2c3c(cc(O)c2C(=O)O1)OCO3. The maximum absolute atomic E-state index is 12.6. The van der Waals surface area contributed by atoms with Crippen LogP contribution in [0.5, 0.6) is 17.2 Å². The van der Waals surface area contributed by atoms with Gasteiger partial charge in [-0.2, -0.15) is 0 Å². The van der Waals surface area contributed by atoms with Gasteiger partial charge in [-0.05, 0) is 19.4 Å². The Hall–Kier alpha value is -2.84. The number of esters is 1. The Balaban J connectivity index is 2.04. The maximum atomic E-state index is 12.6. The van der Waals surface area contributed by atoms with Crippen molar-refractivity contribution in [2.45, 2.75) is 38.1 Å². The molecule has 2 aliphatic heterocycles. The van der Waals surface area contributed by atoms with Gasteiger partial charge in [0, 0.05) is 18.1 Å². The van der Waals surface area contributed by atoms with E-state index in [0.717, 1.165) is 6.08 Å². The minimum atomic E-state index is -1.57. The van der Waals surface area contributed by atoms with Gasteiger partial charge in [0.05, 0.1) is 6.10 Å². The van der Waals surface area contributed by atoms with Gasteiger partial charge in [0.2, 0.25) is 6.79 Å². The summed E-state index contributed by atoms with van der Waals surface area (Å²) in [5, 5.41) is 30.2. The maximum Gasteiger partial charge on any atom is 0.342 e. The van der Waals surface area contributed by atoms with E-state index in [1.165, 1.54) is 24.3 Å². The Labute approximate surface area is 155 Å². The highest BCUT2D eigenvalue weighted by Gasteiger charge is 2.29. The first-order valence-electron chi connectivity index (χ1n) is 8.48. The highest BCUT2D eigenvalue weighted by molar-refractivity contribution is 5.99. The number of hydrogen-bond acceptors (Lipinski definition) is 8. The highest BCUT2D eigenvalue weighted by Crippen LogP contribution is 2.43. The van der Waals surface area contributed by atoms with Crippen LogP contribution in [0.15, 0.2) is 24.3 Å². The summed E-state index contributed by atoms with van der Waals surface area (Å²) in [5.74, 6) is -1.18. The van der Waals surface area contributed by atoms with Gasteiger partial charge >= 0.3 is 5.97 Å². The molecule has 0 unspecified atom stereocenters. The van der Waals surface area contributed by atoms with Crippen molar-refractivity contribution in [2.24, 2.45) is 0 Å². The number of fused-ring (bicyclic) bond motifs is 3. The molecule has 27 heavy (non-hydrogen) atoms. The van der Waals surface area contributed by atoms with E-state index in [2.05, 4.69) is 0 Å². The number of hydrogen-bond donors (Lipinski definition) is 3. The van der Waals surface area contributed by atoms with E-state index < -0.39 is 30.1 Å². The van der Waals surface area contributed by atoms with Crippen LogP contribution in [-0.4, -0.2) is 52.2 Å². The third-order valence-electron chi connectivity index (χ3n) is 4.26. The van der Waals surface area contributed by atoms with Crippen LogP contribution in [-0.2, 0) is 9.53 Å². The summed E-state index contributed by atoms with van der Waals surface area (Å²) in [4.78, 5) is 24.5. The Morgan fingerprint density at radius 3 is 2.59 bits per heavy atom. The number of aliphatic hydroxyl groups is 2. The van der Waals surface area contributed by atoms with E-state index in [1.807, 2.05) is 0 Å². The lowest BCUT2D eigenvalue weighted by atomic mass is 10.0. The molecule has 1 aromatic rings. The first-order valence-corrected chi connectivity index (χ1v) is 8.48. The van der Waals surface area contributed by atoms with Gasteiger partial charge in [0.15, 0.2) is 17.3 Å². The van der Waals surface area contributed by atoms with Crippen molar-refractivity contribution in [3.05, 3.63) is 35.4 Å². The number of carbonyl (C=O) groups excluding carboxylic acids is 2. The summed E-state index contributed by atoms with van der Waals surface area (Å²) in [7, 11) is 0. The van der Waals surface area contributed by atoms with Crippen LogP contribution in [0, 0.1) is 0 Å². The predicted octanol–water partition coefficient (Wildman–Crippen LogP) is 1.32. The Kier molecular flexibility index (Phi) is 5.48. The molecule has 0 aliphatic carbocycles. The smallest absolute Gasteiger partial charge is 0.342 e. The second-order valence-corrected chi connectivity index (χ2v) is 6.32. The Bertz CT molecular complexity index is 810. The van der Waals surface area contributed by atoms with Gasteiger partial charge in [-0.1, -0.05) is 18.2 Å². The molecule has 1 aromatic carbocycles. The zero-order valence-corrected chi connectivity index (χ0v) is 14.6. The summed E-state index contributed by atoms with van der Waals surface area (Å²) in [6, 6.07) is 1.28. The van der Waals surface area contributed by atoms with Crippen molar-refractivity contribution >= 4 is 17.8 Å². The van der Waals surface area contributed by atoms with E-state index >= 15 is 0 Å². The lowest BCUT2D eigenvalue weighted by molar-refractivity contribution is -0.127.